The molecule has 7 nitrogen and oxygen atoms in total. The van der Waals surface area contributed by atoms with Crippen molar-refractivity contribution in [1.29, 1.82) is 0 Å². The normalized spacial score (nSPS) is 18.5. The molecule has 0 saturated heterocycles. The van der Waals surface area contributed by atoms with E-state index in [1.54, 1.807) is 6.07 Å². The summed E-state index contributed by atoms with van der Waals surface area (Å²) in [5, 5.41) is 6.64. The number of alkyl halides is 5. The van der Waals surface area contributed by atoms with E-state index in [4.69, 9.17) is 0 Å². The van der Waals surface area contributed by atoms with Gasteiger partial charge in [-0.3, -0.25) is 4.79 Å². The number of benzene rings is 1. The summed E-state index contributed by atoms with van der Waals surface area (Å²) in [6.45, 7) is 1.53. The Hall–Kier alpha value is -3.44. The monoisotopic (exact) mass is 438 g/mol. The Morgan fingerprint density at radius 1 is 1.19 bits per heavy atom. The van der Waals surface area contributed by atoms with Crippen molar-refractivity contribution in [2.75, 3.05) is 0 Å². The Bertz CT molecular complexity index is 1110. The third-order valence-electron chi connectivity index (χ3n) is 4.77. The lowest BCUT2D eigenvalue weighted by atomic mass is 10.0. The second kappa shape index (κ2) is 7.36. The molecule has 1 amide bonds. The molecule has 0 radical (unpaired) electrons. The first-order valence-corrected chi connectivity index (χ1v) is 9.14. The molecule has 1 fully saturated rings. The minimum atomic E-state index is -4.78. The molecule has 2 atom stereocenters. The maximum Gasteiger partial charge on any atom is 0.416 e. The van der Waals surface area contributed by atoms with E-state index in [1.165, 1.54) is 30.3 Å². The first-order chi connectivity index (χ1) is 14.5. The Labute approximate surface area is 172 Å². The van der Waals surface area contributed by atoms with Crippen molar-refractivity contribution >= 4 is 5.91 Å². The Morgan fingerprint density at radius 2 is 1.87 bits per heavy atom. The smallest absolute Gasteiger partial charge is 0.342 e. The van der Waals surface area contributed by atoms with Gasteiger partial charge >= 0.3 is 6.18 Å². The maximum atomic E-state index is 13.4. The van der Waals surface area contributed by atoms with Crippen LogP contribution in [0, 0.1) is 0 Å². The Kier molecular flexibility index (Phi) is 4.94. The van der Waals surface area contributed by atoms with Crippen LogP contribution < -0.4 is 5.32 Å². The number of hydrogen-bond acceptors (Lipinski definition) is 5. The molecule has 2 aromatic heterocycles. The molecule has 1 saturated carbocycles. The zero-order chi connectivity index (χ0) is 22.4. The highest BCUT2D eigenvalue weighted by molar-refractivity contribution is 5.95. The molecule has 1 aromatic carbocycles. The Morgan fingerprint density at radius 3 is 2.48 bits per heavy atom. The van der Waals surface area contributed by atoms with Crippen LogP contribution in [0.25, 0.3) is 5.95 Å². The predicted molar refractivity (Wildman–Crippen MR) is 96.6 cm³/mol. The average Bonchev–Trinajstić information content (AvgIpc) is 3.13. The average molecular weight is 438 g/mol. The number of carbonyl (C=O) groups is 1. The number of nitrogens with zero attached hydrogens (tertiary/aromatic N) is 5. The van der Waals surface area contributed by atoms with Crippen LogP contribution in [0.3, 0.4) is 0 Å². The molecule has 1 aliphatic rings. The van der Waals surface area contributed by atoms with Crippen molar-refractivity contribution in [2.24, 2.45) is 0 Å². The van der Waals surface area contributed by atoms with Crippen LogP contribution in [0.15, 0.2) is 43.0 Å². The SMILES string of the molecule is CC(NC(=O)c1cc(C2CC2(F)F)cc(C(F)(F)F)c1)c1ncn(-c2ncccn2)n1. The summed E-state index contributed by atoms with van der Waals surface area (Å²) in [6.07, 6.45) is -0.997. The van der Waals surface area contributed by atoms with Crippen molar-refractivity contribution in [3.05, 3.63) is 65.5 Å². The molecule has 4 rings (SSSR count). The Balaban J connectivity index is 1.55. The van der Waals surface area contributed by atoms with Crippen molar-refractivity contribution < 1.29 is 26.7 Å². The second-order valence-corrected chi connectivity index (χ2v) is 7.15. The fourth-order valence-electron chi connectivity index (χ4n) is 3.05. The van der Waals surface area contributed by atoms with Crippen LogP contribution >= 0.6 is 0 Å². The van der Waals surface area contributed by atoms with E-state index in [2.05, 4.69) is 25.4 Å². The highest BCUT2D eigenvalue weighted by Gasteiger charge is 2.58. The van der Waals surface area contributed by atoms with E-state index >= 15 is 0 Å². The first-order valence-electron chi connectivity index (χ1n) is 9.14. The van der Waals surface area contributed by atoms with Gasteiger partial charge in [-0.2, -0.15) is 17.9 Å². The number of nitrogens with one attached hydrogen (secondary N) is 1. The largest absolute Gasteiger partial charge is 0.416 e. The number of halogens is 5. The van der Waals surface area contributed by atoms with Crippen molar-refractivity contribution in [2.45, 2.75) is 37.4 Å². The molecule has 0 spiro atoms. The van der Waals surface area contributed by atoms with Gasteiger partial charge < -0.3 is 5.32 Å². The zero-order valence-electron chi connectivity index (χ0n) is 15.9. The van der Waals surface area contributed by atoms with Gasteiger partial charge in [0.05, 0.1) is 17.5 Å². The minimum Gasteiger partial charge on any atom is -0.342 e. The maximum absolute atomic E-state index is 13.4. The summed E-state index contributed by atoms with van der Waals surface area (Å²) < 4.78 is 67.8. The predicted octanol–water partition coefficient (Wildman–Crippen LogP) is 3.69. The lowest BCUT2D eigenvalue weighted by Gasteiger charge is -2.14. The van der Waals surface area contributed by atoms with E-state index in [9.17, 15) is 26.7 Å². The fourth-order valence-corrected chi connectivity index (χ4v) is 3.05. The fraction of sp³-hybridized carbons (Fsp3) is 0.316. The van der Waals surface area contributed by atoms with Crippen molar-refractivity contribution in [3.8, 4) is 5.95 Å². The van der Waals surface area contributed by atoms with Crippen molar-refractivity contribution in [3.63, 3.8) is 0 Å². The first kappa shape index (κ1) is 20.8. The van der Waals surface area contributed by atoms with Crippen LogP contribution in [0.1, 0.15) is 52.6 Å². The summed E-state index contributed by atoms with van der Waals surface area (Å²) in [5.74, 6) is -4.85. The van der Waals surface area contributed by atoms with Crippen LogP contribution in [-0.4, -0.2) is 36.6 Å². The van der Waals surface area contributed by atoms with Gasteiger partial charge in [0.2, 0.25) is 0 Å². The molecule has 1 N–H and O–H groups in total. The minimum absolute atomic E-state index is 0.168. The van der Waals surface area contributed by atoms with Gasteiger partial charge in [0.25, 0.3) is 17.8 Å². The molecule has 3 aromatic rings. The van der Waals surface area contributed by atoms with E-state index < -0.39 is 42.0 Å². The number of carbonyl (C=O) groups excluding carboxylic acids is 1. The summed E-state index contributed by atoms with van der Waals surface area (Å²) in [4.78, 5) is 24.6. The molecule has 12 heteroatoms. The number of hydrogen-bond donors (Lipinski definition) is 1. The molecule has 0 bridgehead atoms. The molecule has 162 valence electrons. The van der Waals surface area contributed by atoms with Crippen molar-refractivity contribution in [1.82, 2.24) is 30.0 Å². The van der Waals surface area contributed by atoms with E-state index in [-0.39, 0.29) is 22.9 Å². The van der Waals surface area contributed by atoms with Crippen LogP contribution in [0.5, 0.6) is 0 Å². The lowest BCUT2D eigenvalue weighted by Crippen LogP contribution is -2.28. The molecule has 1 aliphatic carbocycles. The standard InChI is InChI=1S/C19H15F5N6O/c1-10(15-27-9-30(29-15)17-25-3-2-4-26-17)28-16(31)12-5-11(14-8-18(14,20)21)6-13(7-12)19(22,23)24/h2-7,9-10,14H,8H2,1H3,(H,28,31). The topological polar surface area (TPSA) is 85.6 Å². The molecular weight excluding hydrogens is 423 g/mol. The highest BCUT2D eigenvalue weighted by Crippen LogP contribution is 2.56. The van der Waals surface area contributed by atoms with E-state index in [1.807, 2.05) is 0 Å². The molecule has 2 unspecified atom stereocenters. The third-order valence-corrected chi connectivity index (χ3v) is 4.77. The van der Waals surface area contributed by atoms with Gasteiger partial charge in [-0.15, -0.1) is 5.10 Å². The van der Waals surface area contributed by atoms with Crippen LogP contribution in [-0.2, 0) is 6.18 Å². The van der Waals surface area contributed by atoms with Crippen LogP contribution in [0.2, 0.25) is 0 Å². The summed E-state index contributed by atoms with van der Waals surface area (Å²) >= 11 is 0. The lowest BCUT2D eigenvalue weighted by molar-refractivity contribution is -0.137. The van der Waals surface area contributed by atoms with Gasteiger partial charge in [-0.1, -0.05) is 0 Å². The number of rotatable bonds is 5. The molecule has 31 heavy (non-hydrogen) atoms. The van der Waals surface area contributed by atoms with Gasteiger partial charge in [0, 0.05) is 24.4 Å². The van der Waals surface area contributed by atoms with E-state index in [0.29, 0.717) is 12.1 Å². The highest BCUT2D eigenvalue weighted by atomic mass is 19.4. The molecule has 2 heterocycles. The second-order valence-electron chi connectivity index (χ2n) is 7.15. The quantitative estimate of drug-likeness (QED) is 0.615. The van der Waals surface area contributed by atoms with Gasteiger partial charge in [-0.05, 0) is 36.8 Å². The summed E-state index contributed by atoms with van der Waals surface area (Å²) in [5.41, 5.74) is -1.75. The zero-order valence-corrected chi connectivity index (χ0v) is 15.9. The van der Waals surface area contributed by atoms with Gasteiger partial charge in [0.1, 0.15) is 6.33 Å². The summed E-state index contributed by atoms with van der Waals surface area (Å²) in [7, 11) is 0. The van der Waals surface area contributed by atoms with Gasteiger partial charge in [0.15, 0.2) is 5.82 Å². The summed E-state index contributed by atoms with van der Waals surface area (Å²) in [6, 6.07) is 3.19. The molecular formula is C19H15F5N6O. The number of aromatic nitrogens is 5. The molecule has 0 aliphatic heterocycles. The van der Waals surface area contributed by atoms with E-state index in [0.717, 1.165) is 6.07 Å². The number of amides is 1. The van der Waals surface area contributed by atoms with Gasteiger partial charge in [-0.25, -0.2) is 23.7 Å². The third kappa shape index (κ3) is 4.37. The van der Waals surface area contributed by atoms with Crippen LogP contribution in [0.4, 0.5) is 22.0 Å².